The molecule has 202 valence electrons. The van der Waals surface area contributed by atoms with Gasteiger partial charge in [0.2, 0.25) is 10.0 Å². The zero-order valence-electron chi connectivity index (χ0n) is 22.4. The van der Waals surface area contributed by atoms with Gasteiger partial charge in [-0.05, 0) is 97.7 Å². The van der Waals surface area contributed by atoms with Gasteiger partial charge in [0.15, 0.2) is 11.5 Å². The Hall–Kier alpha value is -2.87. The highest BCUT2D eigenvalue weighted by Gasteiger charge is 2.72. The van der Waals surface area contributed by atoms with Gasteiger partial charge >= 0.3 is 0 Å². The van der Waals surface area contributed by atoms with E-state index in [1.54, 1.807) is 37.7 Å². The van der Waals surface area contributed by atoms with Gasteiger partial charge in [0, 0.05) is 23.4 Å². The van der Waals surface area contributed by atoms with E-state index in [9.17, 15) is 13.2 Å². The maximum absolute atomic E-state index is 14.3. The molecule has 2 unspecified atom stereocenters. The van der Waals surface area contributed by atoms with Gasteiger partial charge < -0.3 is 9.47 Å². The van der Waals surface area contributed by atoms with Crippen molar-refractivity contribution in [3.63, 3.8) is 0 Å². The molecule has 0 N–H and O–H groups in total. The molecule has 3 atom stereocenters. The molecule has 1 aromatic carbocycles. The first-order valence-electron chi connectivity index (χ1n) is 13.7. The fourth-order valence-electron chi connectivity index (χ4n) is 7.70. The maximum Gasteiger partial charge on any atom is 0.268 e. The minimum absolute atomic E-state index is 0.0471. The SMILES string of the molecule is COc1ccc(/C=C(\C(=O)N2C3CC4CC[C@@]3(CS2(=O)=O)C4(C)C)c2ccncc2)cc1OC1CCCC1. The fourth-order valence-corrected chi connectivity index (χ4v) is 10.2. The second-order valence-corrected chi connectivity index (χ2v) is 13.8. The summed E-state index contributed by atoms with van der Waals surface area (Å²) >= 11 is 0. The predicted octanol–water partition coefficient (Wildman–Crippen LogP) is 5.32. The van der Waals surface area contributed by atoms with Crippen molar-refractivity contribution >= 4 is 27.6 Å². The largest absolute Gasteiger partial charge is 0.493 e. The summed E-state index contributed by atoms with van der Waals surface area (Å²) in [5.74, 6) is 1.29. The number of aromatic nitrogens is 1. The predicted molar refractivity (Wildman–Crippen MR) is 146 cm³/mol. The first-order chi connectivity index (χ1) is 18.2. The Bertz CT molecular complexity index is 1380. The van der Waals surface area contributed by atoms with Crippen LogP contribution in [0.2, 0.25) is 0 Å². The molecular weight excluding hydrogens is 500 g/mol. The lowest BCUT2D eigenvalue weighted by atomic mass is 9.69. The molecule has 2 heterocycles. The molecule has 4 aliphatic rings. The van der Waals surface area contributed by atoms with Crippen LogP contribution in [0.5, 0.6) is 11.5 Å². The molecule has 1 amide bonds. The number of nitrogens with zero attached hydrogens (tertiary/aromatic N) is 2. The van der Waals surface area contributed by atoms with Gasteiger partial charge in [-0.3, -0.25) is 9.78 Å². The molecule has 38 heavy (non-hydrogen) atoms. The lowest BCUT2D eigenvalue weighted by Gasteiger charge is -2.37. The van der Waals surface area contributed by atoms with Crippen molar-refractivity contribution in [2.75, 3.05) is 12.9 Å². The minimum Gasteiger partial charge on any atom is -0.493 e. The number of methoxy groups -OCH3 is 1. The number of amides is 1. The number of ether oxygens (including phenoxy) is 2. The molecule has 2 aromatic rings. The van der Waals surface area contributed by atoms with Gasteiger partial charge in [0.25, 0.3) is 5.91 Å². The third-order valence-electron chi connectivity index (χ3n) is 9.93. The number of sulfonamides is 1. The molecule has 1 spiro atoms. The lowest BCUT2D eigenvalue weighted by Crippen LogP contribution is -2.44. The highest BCUT2D eigenvalue weighted by Crippen LogP contribution is 2.70. The monoisotopic (exact) mass is 536 g/mol. The number of carbonyl (C=O) groups is 1. The van der Waals surface area contributed by atoms with Gasteiger partial charge in [-0.25, -0.2) is 12.7 Å². The van der Waals surface area contributed by atoms with Crippen LogP contribution >= 0.6 is 0 Å². The summed E-state index contributed by atoms with van der Waals surface area (Å²) in [7, 11) is -2.14. The van der Waals surface area contributed by atoms with Gasteiger partial charge in [-0.1, -0.05) is 19.9 Å². The van der Waals surface area contributed by atoms with Crippen LogP contribution in [0.15, 0.2) is 42.7 Å². The lowest BCUT2D eigenvalue weighted by molar-refractivity contribution is -0.123. The smallest absolute Gasteiger partial charge is 0.268 e. The van der Waals surface area contributed by atoms with E-state index in [1.807, 2.05) is 18.2 Å². The summed E-state index contributed by atoms with van der Waals surface area (Å²) < 4.78 is 40.3. The quantitative estimate of drug-likeness (QED) is 0.465. The van der Waals surface area contributed by atoms with E-state index in [4.69, 9.17) is 9.47 Å². The molecule has 6 rings (SSSR count). The number of rotatable bonds is 6. The zero-order valence-corrected chi connectivity index (χ0v) is 23.2. The van der Waals surface area contributed by atoms with E-state index < -0.39 is 15.9 Å². The second kappa shape index (κ2) is 9.11. The van der Waals surface area contributed by atoms with E-state index in [0.717, 1.165) is 50.5 Å². The Kier molecular flexibility index (Phi) is 6.09. The number of hydrogen-bond donors (Lipinski definition) is 0. The summed E-state index contributed by atoms with van der Waals surface area (Å²) in [6, 6.07) is 8.81. The van der Waals surface area contributed by atoms with Crippen molar-refractivity contribution in [1.82, 2.24) is 9.29 Å². The molecule has 3 aliphatic carbocycles. The molecule has 7 nitrogen and oxygen atoms in total. The van der Waals surface area contributed by atoms with Gasteiger partial charge in [0.05, 0.1) is 25.0 Å². The highest BCUT2D eigenvalue weighted by molar-refractivity contribution is 7.90. The zero-order chi connectivity index (χ0) is 26.7. The molecule has 4 fully saturated rings. The van der Waals surface area contributed by atoms with Crippen LogP contribution < -0.4 is 9.47 Å². The third-order valence-corrected chi connectivity index (χ3v) is 11.8. The summed E-state index contributed by atoms with van der Waals surface area (Å²) in [5.41, 5.74) is 1.24. The highest BCUT2D eigenvalue weighted by atomic mass is 32.2. The summed E-state index contributed by atoms with van der Waals surface area (Å²) in [6.07, 6.45) is 12.1. The molecule has 1 aliphatic heterocycles. The topological polar surface area (TPSA) is 85.8 Å². The van der Waals surface area contributed by atoms with Crippen molar-refractivity contribution in [2.24, 2.45) is 16.7 Å². The second-order valence-electron chi connectivity index (χ2n) is 12.0. The van der Waals surface area contributed by atoms with Crippen LogP contribution in [0.4, 0.5) is 0 Å². The Morgan fingerprint density at radius 3 is 2.50 bits per heavy atom. The summed E-state index contributed by atoms with van der Waals surface area (Å²) in [6.45, 7) is 4.38. The molecular formula is C30H36N2O5S. The minimum atomic E-state index is -3.76. The van der Waals surface area contributed by atoms with E-state index >= 15 is 0 Å². The van der Waals surface area contributed by atoms with Gasteiger partial charge in [-0.2, -0.15) is 0 Å². The number of carbonyl (C=O) groups excluding carboxylic acids is 1. The fraction of sp³-hybridized carbons (Fsp3) is 0.533. The third kappa shape index (κ3) is 3.86. The number of benzene rings is 1. The van der Waals surface area contributed by atoms with E-state index in [1.165, 1.54) is 4.31 Å². The normalized spacial score (nSPS) is 29.4. The van der Waals surface area contributed by atoms with Crippen molar-refractivity contribution in [3.05, 3.63) is 53.9 Å². The molecule has 3 saturated carbocycles. The Morgan fingerprint density at radius 2 is 1.82 bits per heavy atom. The van der Waals surface area contributed by atoms with Crippen LogP contribution in [-0.4, -0.2) is 48.6 Å². The molecule has 0 radical (unpaired) electrons. The molecule has 1 aromatic heterocycles. The van der Waals surface area contributed by atoms with Crippen molar-refractivity contribution in [1.29, 1.82) is 0 Å². The average molecular weight is 537 g/mol. The Balaban J connectivity index is 1.41. The standard InChI is InChI=1S/C30H36N2O5S/c1-29(2)22-10-13-30(29)19-38(34,35)32(27(30)18-22)28(33)24(21-11-14-31-15-12-21)16-20-8-9-25(36-3)26(17-20)37-23-6-4-5-7-23/h8-9,11-12,14-17,22-23,27H,4-7,10,13,18-19H2,1-3H3/b24-16-/t22?,27?,30-/m0/s1. The number of hydrogen-bond acceptors (Lipinski definition) is 6. The molecule has 8 heteroatoms. The number of pyridine rings is 1. The average Bonchev–Trinajstić information content (AvgIpc) is 3.60. The summed E-state index contributed by atoms with van der Waals surface area (Å²) in [4.78, 5) is 18.4. The van der Waals surface area contributed by atoms with Crippen LogP contribution in [-0.2, 0) is 14.8 Å². The Morgan fingerprint density at radius 1 is 1.08 bits per heavy atom. The Labute approximate surface area is 225 Å². The van der Waals surface area contributed by atoms with Gasteiger partial charge in [0.1, 0.15) is 0 Å². The van der Waals surface area contributed by atoms with E-state index in [-0.39, 0.29) is 28.7 Å². The van der Waals surface area contributed by atoms with Crippen LogP contribution in [0.1, 0.15) is 69.9 Å². The maximum atomic E-state index is 14.3. The van der Waals surface area contributed by atoms with Crippen LogP contribution in [0.3, 0.4) is 0 Å². The van der Waals surface area contributed by atoms with E-state index in [0.29, 0.717) is 28.6 Å². The van der Waals surface area contributed by atoms with Crippen molar-refractivity contribution in [2.45, 2.75) is 70.9 Å². The first kappa shape index (κ1) is 25.4. The van der Waals surface area contributed by atoms with Gasteiger partial charge in [-0.15, -0.1) is 0 Å². The molecule has 1 saturated heterocycles. The van der Waals surface area contributed by atoms with Crippen molar-refractivity contribution < 1.29 is 22.7 Å². The number of fused-ring (bicyclic) bond motifs is 1. The van der Waals surface area contributed by atoms with Crippen LogP contribution in [0.25, 0.3) is 11.6 Å². The van der Waals surface area contributed by atoms with E-state index in [2.05, 4.69) is 18.8 Å². The van der Waals surface area contributed by atoms with Crippen LogP contribution in [0, 0.1) is 16.7 Å². The van der Waals surface area contributed by atoms with Crippen molar-refractivity contribution in [3.8, 4) is 11.5 Å². The molecule has 2 bridgehead atoms. The first-order valence-corrected chi connectivity index (χ1v) is 15.3. The summed E-state index contributed by atoms with van der Waals surface area (Å²) in [5, 5.41) is 0.